The minimum Gasteiger partial charge on any atom is -0.457 e. The fourth-order valence-electron chi connectivity index (χ4n) is 3.36. The first-order valence-corrected chi connectivity index (χ1v) is 10.2. The number of quaternary nitrogens is 1. The normalized spacial score (nSPS) is 14.9. The molecule has 0 atom stereocenters. The molecule has 0 saturated carbocycles. The fraction of sp³-hybridized carbons (Fsp3) is 0.227. The number of amides is 1. The highest BCUT2D eigenvalue weighted by molar-refractivity contribution is 7.07. The lowest BCUT2D eigenvalue weighted by atomic mass is 10.1. The maximum Gasteiger partial charge on any atom is 0.254 e. The topological polar surface area (TPSA) is 34.0 Å². The van der Waals surface area contributed by atoms with Gasteiger partial charge in [-0.3, -0.25) is 4.79 Å². The van der Waals surface area contributed by atoms with Gasteiger partial charge in [0.25, 0.3) is 5.91 Å². The first-order valence-electron chi connectivity index (χ1n) is 9.25. The van der Waals surface area contributed by atoms with Crippen LogP contribution in [0.15, 0.2) is 71.4 Å². The Morgan fingerprint density at radius 2 is 1.67 bits per heavy atom. The van der Waals surface area contributed by atoms with Crippen molar-refractivity contribution in [1.82, 2.24) is 4.90 Å². The number of carbonyl (C=O) groups excluding carboxylic acids is 1. The van der Waals surface area contributed by atoms with Crippen molar-refractivity contribution in [2.75, 3.05) is 26.2 Å². The molecule has 138 valence electrons. The van der Waals surface area contributed by atoms with E-state index in [-0.39, 0.29) is 5.91 Å². The number of nitrogens with one attached hydrogen (secondary N) is 1. The van der Waals surface area contributed by atoms with Crippen molar-refractivity contribution in [3.63, 3.8) is 0 Å². The van der Waals surface area contributed by atoms with Gasteiger partial charge in [-0.25, -0.2) is 0 Å². The highest BCUT2D eigenvalue weighted by Gasteiger charge is 2.24. The number of piperazine rings is 1. The Bertz CT molecular complexity index is 855. The zero-order valence-corrected chi connectivity index (χ0v) is 16.0. The molecule has 0 aliphatic carbocycles. The van der Waals surface area contributed by atoms with E-state index in [9.17, 15) is 4.79 Å². The summed E-state index contributed by atoms with van der Waals surface area (Å²) in [5.74, 6) is 1.64. The molecule has 0 bridgehead atoms. The molecular weight excluding hydrogens is 356 g/mol. The molecule has 0 spiro atoms. The van der Waals surface area contributed by atoms with Crippen LogP contribution in [0.4, 0.5) is 0 Å². The summed E-state index contributed by atoms with van der Waals surface area (Å²) in [6.07, 6.45) is 0. The minimum atomic E-state index is 0.107. The average Bonchev–Trinajstić information content (AvgIpc) is 3.22. The Labute approximate surface area is 163 Å². The molecule has 5 heteroatoms. The quantitative estimate of drug-likeness (QED) is 0.739. The van der Waals surface area contributed by atoms with Crippen LogP contribution in [0.5, 0.6) is 11.5 Å². The molecule has 3 aromatic rings. The van der Waals surface area contributed by atoms with Crippen molar-refractivity contribution >= 4 is 17.2 Å². The van der Waals surface area contributed by atoms with E-state index in [0.29, 0.717) is 0 Å². The summed E-state index contributed by atoms with van der Waals surface area (Å²) < 4.78 is 5.80. The lowest BCUT2D eigenvalue weighted by Crippen LogP contribution is -3.13. The van der Waals surface area contributed by atoms with Crippen LogP contribution in [0.2, 0.25) is 0 Å². The van der Waals surface area contributed by atoms with Crippen molar-refractivity contribution in [2.24, 2.45) is 0 Å². The van der Waals surface area contributed by atoms with Gasteiger partial charge in [0.05, 0.1) is 26.2 Å². The SMILES string of the molecule is O=C(c1ccc(Oc2ccccc2)cc1)N1CC[NH+](Cc2ccsc2)CC1. The van der Waals surface area contributed by atoms with Gasteiger partial charge < -0.3 is 14.5 Å². The molecule has 1 aromatic heterocycles. The third kappa shape index (κ3) is 4.56. The molecule has 4 rings (SSSR count). The smallest absolute Gasteiger partial charge is 0.254 e. The Kier molecular flexibility index (Phi) is 5.51. The lowest BCUT2D eigenvalue weighted by molar-refractivity contribution is -0.917. The van der Waals surface area contributed by atoms with E-state index < -0.39 is 0 Å². The van der Waals surface area contributed by atoms with Crippen LogP contribution in [-0.4, -0.2) is 37.0 Å². The summed E-state index contributed by atoms with van der Waals surface area (Å²) >= 11 is 1.74. The molecule has 1 amide bonds. The van der Waals surface area contributed by atoms with E-state index in [1.165, 1.54) is 5.56 Å². The summed E-state index contributed by atoms with van der Waals surface area (Å²) in [4.78, 5) is 16.3. The first-order chi connectivity index (χ1) is 13.3. The molecule has 1 saturated heterocycles. The van der Waals surface area contributed by atoms with Crippen LogP contribution in [-0.2, 0) is 6.54 Å². The number of benzene rings is 2. The number of rotatable bonds is 5. The molecule has 1 fully saturated rings. The highest BCUT2D eigenvalue weighted by atomic mass is 32.1. The first kappa shape index (κ1) is 17.8. The summed E-state index contributed by atoms with van der Waals surface area (Å²) in [7, 11) is 0. The van der Waals surface area contributed by atoms with E-state index in [1.54, 1.807) is 16.2 Å². The maximum absolute atomic E-state index is 12.8. The molecule has 4 nitrogen and oxygen atoms in total. The number of thiophene rings is 1. The maximum atomic E-state index is 12.8. The zero-order valence-electron chi connectivity index (χ0n) is 15.1. The summed E-state index contributed by atoms with van der Waals surface area (Å²) in [5, 5.41) is 4.34. The minimum absolute atomic E-state index is 0.107. The van der Waals surface area contributed by atoms with E-state index in [0.717, 1.165) is 49.8 Å². The monoisotopic (exact) mass is 379 g/mol. The largest absolute Gasteiger partial charge is 0.457 e. The van der Waals surface area contributed by atoms with E-state index in [1.807, 2.05) is 59.5 Å². The van der Waals surface area contributed by atoms with Gasteiger partial charge >= 0.3 is 0 Å². The van der Waals surface area contributed by atoms with Gasteiger partial charge in [-0.05, 0) is 53.2 Å². The highest BCUT2D eigenvalue weighted by Crippen LogP contribution is 2.21. The van der Waals surface area contributed by atoms with Gasteiger partial charge in [-0.15, -0.1) is 0 Å². The van der Waals surface area contributed by atoms with Gasteiger partial charge in [0.15, 0.2) is 0 Å². The molecule has 27 heavy (non-hydrogen) atoms. The molecule has 1 N–H and O–H groups in total. The third-order valence-corrected chi connectivity index (χ3v) is 5.60. The van der Waals surface area contributed by atoms with E-state index in [4.69, 9.17) is 4.74 Å². The predicted molar refractivity (Wildman–Crippen MR) is 108 cm³/mol. The number of hydrogen-bond donors (Lipinski definition) is 1. The molecule has 2 aromatic carbocycles. The Balaban J connectivity index is 1.32. The second kappa shape index (κ2) is 8.37. The lowest BCUT2D eigenvalue weighted by Gasteiger charge is -2.32. The molecular formula is C22H23N2O2S+. The van der Waals surface area contributed by atoms with Crippen molar-refractivity contribution in [3.05, 3.63) is 82.6 Å². The van der Waals surface area contributed by atoms with Crippen molar-refractivity contribution in [2.45, 2.75) is 6.54 Å². The van der Waals surface area contributed by atoms with Crippen LogP contribution in [0.3, 0.4) is 0 Å². The zero-order chi connectivity index (χ0) is 18.5. The van der Waals surface area contributed by atoms with Gasteiger partial charge in [0.1, 0.15) is 18.0 Å². The molecule has 1 aliphatic rings. The molecule has 0 unspecified atom stereocenters. The Hall–Kier alpha value is -2.63. The van der Waals surface area contributed by atoms with Crippen molar-refractivity contribution in [1.29, 1.82) is 0 Å². The van der Waals surface area contributed by atoms with E-state index in [2.05, 4.69) is 16.8 Å². The Morgan fingerprint density at radius 1 is 0.963 bits per heavy atom. The number of carbonyl (C=O) groups is 1. The summed E-state index contributed by atoms with van der Waals surface area (Å²) in [5.41, 5.74) is 2.11. The standard InChI is InChI=1S/C22H22N2O2S/c25-22(24-13-11-23(12-14-24)16-18-10-15-27-17-18)19-6-8-21(9-7-19)26-20-4-2-1-3-5-20/h1-10,15,17H,11-14,16H2/p+1. The van der Waals surface area contributed by atoms with Gasteiger partial charge in [-0.2, -0.15) is 11.3 Å². The van der Waals surface area contributed by atoms with Crippen LogP contribution in [0.25, 0.3) is 0 Å². The van der Waals surface area contributed by atoms with Crippen molar-refractivity contribution in [3.8, 4) is 11.5 Å². The number of nitrogens with zero attached hydrogens (tertiary/aromatic N) is 1. The number of ether oxygens (including phenoxy) is 1. The number of para-hydroxylation sites is 1. The molecule has 1 aliphatic heterocycles. The molecule has 2 heterocycles. The summed E-state index contributed by atoms with van der Waals surface area (Å²) in [6, 6.07) is 19.3. The molecule has 0 radical (unpaired) electrons. The van der Waals surface area contributed by atoms with Crippen LogP contribution >= 0.6 is 11.3 Å². The third-order valence-electron chi connectivity index (χ3n) is 4.87. The van der Waals surface area contributed by atoms with Crippen LogP contribution in [0.1, 0.15) is 15.9 Å². The van der Waals surface area contributed by atoms with Gasteiger partial charge in [0.2, 0.25) is 0 Å². The number of hydrogen-bond acceptors (Lipinski definition) is 3. The van der Waals surface area contributed by atoms with Crippen LogP contribution < -0.4 is 9.64 Å². The fourth-order valence-corrected chi connectivity index (χ4v) is 4.03. The average molecular weight is 380 g/mol. The van der Waals surface area contributed by atoms with Gasteiger partial charge in [0, 0.05) is 11.1 Å². The Morgan fingerprint density at radius 3 is 2.33 bits per heavy atom. The van der Waals surface area contributed by atoms with Gasteiger partial charge in [-0.1, -0.05) is 18.2 Å². The van der Waals surface area contributed by atoms with E-state index >= 15 is 0 Å². The predicted octanol–water partition coefficient (Wildman–Crippen LogP) is 3.08. The second-order valence-corrected chi connectivity index (χ2v) is 7.57. The summed E-state index contributed by atoms with van der Waals surface area (Å²) in [6.45, 7) is 4.66. The van der Waals surface area contributed by atoms with Crippen LogP contribution in [0, 0.1) is 0 Å². The van der Waals surface area contributed by atoms with Crippen molar-refractivity contribution < 1.29 is 14.4 Å². The second-order valence-electron chi connectivity index (χ2n) is 6.79.